The van der Waals surface area contributed by atoms with Gasteiger partial charge in [-0.3, -0.25) is 0 Å². The smallest absolute Gasteiger partial charge is 0.161 e. The molecule has 2 saturated carbocycles. The maximum atomic E-state index is 14.9. The van der Waals surface area contributed by atoms with E-state index in [4.69, 9.17) is 0 Å². The van der Waals surface area contributed by atoms with Gasteiger partial charge in [-0.25, -0.2) is 8.78 Å². The van der Waals surface area contributed by atoms with E-state index in [1.807, 2.05) is 19.1 Å². The van der Waals surface area contributed by atoms with E-state index < -0.39 is 11.7 Å². The Morgan fingerprint density at radius 2 is 1.53 bits per heavy atom. The number of rotatable bonds is 9. The van der Waals surface area contributed by atoms with Crippen LogP contribution in [0.2, 0.25) is 0 Å². The second kappa shape index (κ2) is 12.0. The molecule has 1 aromatic carbocycles. The summed E-state index contributed by atoms with van der Waals surface area (Å²) in [5.74, 6) is 1.30. The fourth-order valence-corrected chi connectivity index (χ4v) is 6.10. The molecule has 0 amide bonds. The Labute approximate surface area is 183 Å². The van der Waals surface area contributed by atoms with Crippen molar-refractivity contribution in [2.24, 2.45) is 23.7 Å². The van der Waals surface area contributed by atoms with Crippen molar-refractivity contribution in [2.75, 3.05) is 0 Å². The highest BCUT2D eigenvalue weighted by Crippen LogP contribution is 2.42. The second-order valence-corrected chi connectivity index (χ2v) is 10.2. The molecule has 1 aromatic rings. The Kier molecular flexibility index (Phi) is 9.40. The molecule has 0 saturated heterocycles. The predicted octanol–water partition coefficient (Wildman–Crippen LogP) is 9.44. The van der Waals surface area contributed by atoms with Crippen LogP contribution in [0.4, 0.5) is 8.78 Å². The van der Waals surface area contributed by atoms with E-state index >= 15 is 0 Å². The quantitative estimate of drug-likeness (QED) is 0.376. The largest absolute Gasteiger partial charge is 0.209 e. The second-order valence-electron chi connectivity index (χ2n) is 10.2. The van der Waals surface area contributed by atoms with Crippen LogP contribution in [-0.2, 0) is 6.42 Å². The van der Waals surface area contributed by atoms with E-state index in [1.54, 1.807) is 6.07 Å². The normalized spacial score (nSPS) is 21.0. The van der Waals surface area contributed by atoms with Gasteiger partial charge < -0.3 is 0 Å². The first kappa shape index (κ1) is 23.5. The highest BCUT2D eigenvalue weighted by Gasteiger charge is 2.31. The van der Waals surface area contributed by atoms with Gasteiger partial charge in [-0.1, -0.05) is 109 Å². The zero-order chi connectivity index (χ0) is 21.3. The van der Waals surface area contributed by atoms with E-state index in [1.165, 1.54) is 69.8 Å². The SMILES string of the molecule is CCCC(C)C/C(F)=C(\F)c1cccc(CC(C2CCCCC2)C2CCCCC2)c1. The number of benzene rings is 1. The number of hydrogen-bond acceptors (Lipinski definition) is 0. The molecule has 1 unspecified atom stereocenters. The predicted molar refractivity (Wildman–Crippen MR) is 125 cm³/mol. The van der Waals surface area contributed by atoms with Gasteiger partial charge in [0.15, 0.2) is 5.83 Å². The van der Waals surface area contributed by atoms with Crippen LogP contribution < -0.4 is 0 Å². The highest BCUT2D eigenvalue weighted by atomic mass is 19.2. The van der Waals surface area contributed by atoms with Crippen LogP contribution in [0.3, 0.4) is 0 Å². The Balaban J connectivity index is 1.75. The van der Waals surface area contributed by atoms with Gasteiger partial charge in [0, 0.05) is 12.0 Å². The van der Waals surface area contributed by atoms with E-state index in [9.17, 15) is 8.78 Å². The van der Waals surface area contributed by atoms with E-state index in [0.717, 1.165) is 31.1 Å². The minimum atomic E-state index is -0.647. The van der Waals surface area contributed by atoms with Crippen LogP contribution in [0, 0.1) is 23.7 Å². The van der Waals surface area contributed by atoms with Gasteiger partial charge in [0.2, 0.25) is 0 Å². The standard InChI is InChI=1S/C28H42F2/c1-3-11-21(2)18-27(29)28(30)25-17-10-12-22(19-25)20-26(23-13-6-4-7-14-23)24-15-8-5-9-16-24/h10,12,17,19,21,23-24,26H,3-9,11,13-16,18,20H2,1-2H3/b28-27+. The van der Waals surface area contributed by atoms with Crippen molar-refractivity contribution < 1.29 is 8.78 Å². The molecule has 0 heterocycles. The van der Waals surface area contributed by atoms with Crippen LogP contribution in [0.5, 0.6) is 0 Å². The van der Waals surface area contributed by atoms with E-state index in [2.05, 4.69) is 13.0 Å². The fraction of sp³-hybridized carbons (Fsp3) is 0.714. The summed E-state index contributed by atoms with van der Waals surface area (Å²) < 4.78 is 29.4. The van der Waals surface area contributed by atoms with Gasteiger partial charge in [0.05, 0.1) is 0 Å². The van der Waals surface area contributed by atoms with Crippen LogP contribution in [0.25, 0.3) is 5.83 Å². The third-order valence-corrected chi connectivity index (χ3v) is 7.71. The molecular weight excluding hydrogens is 374 g/mol. The molecule has 30 heavy (non-hydrogen) atoms. The summed E-state index contributed by atoms with van der Waals surface area (Å²) in [5, 5.41) is 0. The average Bonchev–Trinajstić information content (AvgIpc) is 2.78. The van der Waals surface area contributed by atoms with Gasteiger partial charge in [-0.2, -0.15) is 0 Å². The lowest BCUT2D eigenvalue weighted by atomic mass is 9.67. The average molecular weight is 417 g/mol. The number of allylic oxidation sites excluding steroid dienone is 1. The summed E-state index contributed by atoms with van der Waals surface area (Å²) >= 11 is 0. The van der Waals surface area contributed by atoms with Gasteiger partial charge in [0.25, 0.3) is 0 Å². The topological polar surface area (TPSA) is 0 Å². The van der Waals surface area contributed by atoms with Crippen LogP contribution in [0.1, 0.15) is 108 Å². The molecule has 0 aliphatic heterocycles. The highest BCUT2D eigenvalue weighted by molar-refractivity contribution is 5.61. The third-order valence-electron chi connectivity index (χ3n) is 7.71. The van der Waals surface area contributed by atoms with Crippen LogP contribution in [-0.4, -0.2) is 0 Å². The zero-order valence-corrected chi connectivity index (χ0v) is 19.3. The van der Waals surface area contributed by atoms with Crippen molar-refractivity contribution in [2.45, 2.75) is 104 Å². The molecule has 1 atom stereocenters. The van der Waals surface area contributed by atoms with Crippen molar-refractivity contribution in [3.05, 3.63) is 41.2 Å². The summed E-state index contributed by atoms with van der Waals surface area (Å²) in [6.45, 7) is 4.10. The summed E-state index contributed by atoms with van der Waals surface area (Å²) in [4.78, 5) is 0. The van der Waals surface area contributed by atoms with Crippen molar-refractivity contribution in [3.8, 4) is 0 Å². The molecule has 3 rings (SSSR count). The first-order valence-electron chi connectivity index (χ1n) is 12.7. The molecular formula is C28H42F2. The molecule has 0 radical (unpaired) electrons. The first-order valence-corrected chi connectivity index (χ1v) is 12.7. The summed E-state index contributed by atoms with van der Waals surface area (Å²) in [5.41, 5.74) is 1.62. The maximum absolute atomic E-state index is 14.9. The van der Waals surface area contributed by atoms with Gasteiger partial charge in [-0.15, -0.1) is 0 Å². The minimum absolute atomic E-state index is 0.186. The molecule has 0 bridgehead atoms. The molecule has 168 valence electrons. The van der Waals surface area contributed by atoms with Crippen molar-refractivity contribution >= 4 is 5.83 Å². The van der Waals surface area contributed by atoms with Crippen molar-refractivity contribution in [1.29, 1.82) is 0 Å². The van der Waals surface area contributed by atoms with Gasteiger partial charge >= 0.3 is 0 Å². The number of halogens is 2. The molecule has 0 aromatic heterocycles. The summed E-state index contributed by atoms with van der Waals surface area (Å²) in [6, 6.07) is 7.72. The Morgan fingerprint density at radius 1 is 0.933 bits per heavy atom. The lowest BCUT2D eigenvalue weighted by Crippen LogP contribution is -2.29. The first-order chi connectivity index (χ1) is 14.6. The lowest BCUT2D eigenvalue weighted by molar-refractivity contribution is 0.143. The molecule has 2 fully saturated rings. The Bertz CT molecular complexity index is 647. The monoisotopic (exact) mass is 416 g/mol. The molecule has 2 aliphatic rings. The van der Waals surface area contributed by atoms with Gasteiger partial charge in [-0.05, 0) is 41.7 Å². The van der Waals surface area contributed by atoms with Crippen molar-refractivity contribution in [1.82, 2.24) is 0 Å². The lowest BCUT2D eigenvalue weighted by Gasteiger charge is -2.38. The van der Waals surface area contributed by atoms with Crippen molar-refractivity contribution in [3.63, 3.8) is 0 Å². The van der Waals surface area contributed by atoms with Crippen LogP contribution in [0.15, 0.2) is 30.1 Å². The van der Waals surface area contributed by atoms with E-state index in [0.29, 0.717) is 11.5 Å². The van der Waals surface area contributed by atoms with Crippen LogP contribution >= 0.6 is 0 Å². The summed E-state index contributed by atoms with van der Waals surface area (Å²) in [6.07, 6.45) is 16.9. The molecule has 2 heteroatoms. The fourth-order valence-electron chi connectivity index (χ4n) is 6.10. The Morgan fingerprint density at radius 3 is 2.10 bits per heavy atom. The number of hydrogen-bond donors (Lipinski definition) is 0. The maximum Gasteiger partial charge on any atom is 0.161 e. The van der Waals surface area contributed by atoms with E-state index in [-0.39, 0.29) is 12.3 Å². The Hall–Kier alpha value is -1.18. The zero-order valence-electron chi connectivity index (χ0n) is 19.3. The molecule has 0 N–H and O–H groups in total. The minimum Gasteiger partial charge on any atom is -0.209 e. The molecule has 0 spiro atoms. The molecule has 2 aliphatic carbocycles. The molecule has 0 nitrogen and oxygen atoms in total. The van der Waals surface area contributed by atoms with Gasteiger partial charge in [0.1, 0.15) is 5.83 Å². The third kappa shape index (κ3) is 6.66. The summed E-state index contributed by atoms with van der Waals surface area (Å²) in [7, 11) is 0.